The van der Waals surface area contributed by atoms with Crippen molar-refractivity contribution in [3.63, 3.8) is 0 Å². The Morgan fingerprint density at radius 2 is 2.26 bits per heavy atom. The van der Waals surface area contributed by atoms with E-state index in [9.17, 15) is 0 Å². The summed E-state index contributed by atoms with van der Waals surface area (Å²) in [5.41, 5.74) is 1.12. The molecule has 1 unspecified atom stereocenters. The van der Waals surface area contributed by atoms with Gasteiger partial charge >= 0.3 is 0 Å². The predicted octanol–water partition coefficient (Wildman–Crippen LogP) is 3.26. The molecule has 0 aromatic carbocycles. The van der Waals surface area contributed by atoms with Crippen molar-refractivity contribution in [3.05, 3.63) is 35.4 Å². The van der Waals surface area contributed by atoms with Crippen LogP contribution in [0.2, 0.25) is 5.02 Å². The number of likely N-dealkylation sites (tertiary alicyclic amines) is 1. The van der Waals surface area contributed by atoms with E-state index in [-0.39, 0.29) is 0 Å². The predicted molar refractivity (Wildman–Crippen MR) is 78.7 cm³/mol. The summed E-state index contributed by atoms with van der Waals surface area (Å²) in [4.78, 5) is 7.10. The Morgan fingerprint density at radius 3 is 3.00 bits per heavy atom. The third kappa shape index (κ3) is 2.63. The van der Waals surface area contributed by atoms with Gasteiger partial charge in [0.15, 0.2) is 0 Å². The molecule has 0 amide bonds. The maximum absolute atomic E-state index is 6.07. The van der Waals surface area contributed by atoms with Crippen LogP contribution in [0.25, 0.3) is 5.52 Å². The zero-order chi connectivity index (χ0) is 13.4. The van der Waals surface area contributed by atoms with Gasteiger partial charge in [0.05, 0.1) is 16.7 Å². The van der Waals surface area contributed by atoms with Crippen LogP contribution in [0.4, 0.5) is 0 Å². The van der Waals surface area contributed by atoms with Gasteiger partial charge in [-0.25, -0.2) is 4.98 Å². The van der Waals surface area contributed by atoms with Gasteiger partial charge in [-0.2, -0.15) is 0 Å². The fourth-order valence-electron chi connectivity index (χ4n) is 2.93. The van der Waals surface area contributed by atoms with Crippen molar-refractivity contribution in [1.29, 1.82) is 0 Å². The van der Waals surface area contributed by atoms with Crippen molar-refractivity contribution < 1.29 is 0 Å². The largest absolute Gasteiger partial charge is 0.302 e. The molecule has 102 valence electrons. The minimum atomic E-state index is 0.650. The molecule has 0 aliphatic carbocycles. The molecule has 1 fully saturated rings. The highest BCUT2D eigenvalue weighted by atomic mass is 35.5. The molecule has 0 spiro atoms. The van der Waals surface area contributed by atoms with E-state index in [4.69, 9.17) is 11.6 Å². The van der Waals surface area contributed by atoms with Crippen molar-refractivity contribution in [3.8, 4) is 0 Å². The monoisotopic (exact) mass is 277 g/mol. The number of aromatic nitrogens is 2. The molecule has 0 saturated carbocycles. The maximum Gasteiger partial charge on any atom is 0.113 e. The second-order valence-electron chi connectivity index (χ2n) is 5.76. The second-order valence-corrected chi connectivity index (χ2v) is 6.20. The lowest BCUT2D eigenvalue weighted by Gasteiger charge is -2.20. The first-order valence-electron chi connectivity index (χ1n) is 6.99. The van der Waals surface area contributed by atoms with Crippen LogP contribution in [0.5, 0.6) is 0 Å². The number of nitrogens with zero attached hydrogens (tertiary/aromatic N) is 3. The minimum absolute atomic E-state index is 0.650. The highest BCUT2D eigenvalue weighted by Gasteiger charge is 2.25. The molecule has 1 atom stereocenters. The van der Waals surface area contributed by atoms with Crippen LogP contribution < -0.4 is 0 Å². The number of halogens is 1. The summed E-state index contributed by atoms with van der Waals surface area (Å²) in [6.45, 7) is 6.94. The third-order valence-corrected chi connectivity index (χ3v) is 4.31. The van der Waals surface area contributed by atoms with Gasteiger partial charge in [0.1, 0.15) is 5.82 Å². The summed E-state index contributed by atoms with van der Waals surface area (Å²) >= 11 is 6.07. The van der Waals surface area contributed by atoms with Crippen LogP contribution in [-0.2, 0) is 6.42 Å². The first-order valence-corrected chi connectivity index (χ1v) is 7.37. The van der Waals surface area contributed by atoms with E-state index in [1.54, 1.807) is 0 Å². The molecule has 1 aliphatic heterocycles. The van der Waals surface area contributed by atoms with Crippen LogP contribution in [0, 0.1) is 5.92 Å². The third-order valence-electron chi connectivity index (χ3n) is 4.09. The molecule has 3 rings (SSSR count). The molecule has 3 heterocycles. The Bertz CT molecular complexity index is 576. The molecule has 1 saturated heterocycles. The normalized spacial score (nSPS) is 20.7. The molecule has 0 radical (unpaired) electrons. The van der Waals surface area contributed by atoms with E-state index >= 15 is 0 Å². The van der Waals surface area contributed by atoms with E-state index in [1.165, 1.54) is 19.5 Å². The molecule has 3 nitrogen and oxygen atoms in total. The van der Waals surface area contributed by atoms with Crippen LogP contribution >= 0.6 is 11.6 Å². The lowest BCUT2D eigenvalue weighted by Crippen LogP contribution is -2.28. The Hall–Kier alpha value is -1.06. The molecular weight excluding hydrogens is 258 g/mol. The summed E-state index contributed by atoms with van der Waals surface area (Å²) in [5, 5.41) is 0.766. The van der Waals surface area contributed by atoms with E-state index in [0.29, 0.717) is 12.0 Å². The smallest absolute Gasteiger partial charge is 0.113 e. The second kappa shape index (κ2) is 5.14. The minimum Gasteiger partial charge on any atom is -0.302 e. The molecule has 0 bridgehead atoms. The Balaban J connectivity index is 1.77. The first kappa shape index (κ1) is 12.9. The van der Waals surface area contributed by atoms with Crippen molar-refractivity contribution in [1.82, 2.24) is 14.3 Å². The summed E-state index contributed by atoms with van der Waals surface area (Å²) < 4.78 is 2.13. The van der Waals surface area contributed by atoms with Crippen molar-refractivity contribution in [2.75, 3.05) is 13.1 Å². The van der Waals surface area contributed by atoms with Gasteiger partial charge < -0.3 is 9.30 Å². The lowest BCUT2D eigenvalue weighted by atomic mass is 10.0. The number of hydrogen-bond donors (Lipinski definition) is 0. The van der Waals surface area contributed by atoms with E-state index in [1.807, 2.05) is 24.5 Å². The van der Waals surface area contributed by atoms with Gasteiger partial charge in [-0.3, -0.25) is 0 Å². The standard InChI is InChI=1S/C15H20ClN3/c1-11(2)18-6-5-12(9-18)7-15-17-8-14-4-3-13(16)10-19(14)15/h3-4,8,10-12H,5-7,9H2,1-2H3. The fourth-order valence-corrected chi connectivity index (χ4v) is 3.09. The molecule has 4 heteroatoms. The number of rotatable bonds is 3. The zero-order valence-electron chi connectivity index (χ0n) is 11.5. The Labute approximate surface area is 119 Å². The Kier molecular flexibility index (Phi) is 3.50. The van der Waals surface area contributed by atoms with Gasteiger partial charge in [-0.1, -0.05) is 11.6 Å². The molecule has 19 heavy (non-hydrogen) atoms. The molecule has 1 aliphatic rings. The van der Waals surface area contributed by atoms with E-state index < -0.39 is 0 Å². The zero-order valence-corrected chi connectivity index (χ0v) is 12.3. The van der Waals surface area contributed by atoms with Crippen LogP contribution in [-0.4, -0.2) is 33.4 Å². The quantitative estimate of drug-likeness (QED) is 0.858. The topological polar surface area (TPSA) is 20.5 Å². The summed E-state index contributed by atoms with van der Waals surface area (Å²) in [6.07, 6.45) is 6.21. The number of hydrogen-bond acceptors (Lipinski definition) is 2. The fraction of sp³-hybridized carbons (Fsp3) is 0.533. The summed E-state index contributed by atoms with van der Waals surface area (Å²) in [7, 11) is 0. The SMILES string of the molecule is CC(C)N1CCC(Cc2ncc3ccc(Cl)cn23)C1. The number of fused-ring (bicyclic) bond motifs is 1. The van der Waals surface area contributed by atoms with Gasteiger partial charge in [0.2, 0.25) is 0 Å². The summed E-state index contributed by atoms with van der Waals surface area (Å²) in [5.74, 6) is 1.85. The van der Waals surface area contributed by atoms with Crippen LogP contribution in [0.3, 0.4) is 0 Å². The first-order chi connectivity index (χ1) is 9.13. The average Bonchev–Trinajstić information content (AvgIpc) is 2.98. The van der Waals surface area contributed by atoms with Crippen LogP contribution in [0.1, 0.15) is 26.1 Å². The maximum atomic E-state index is 6.07. The number of imidazole rings is 1. The molecular formula is C15H20ClN3. The Morgan fingerprint density at radius 1 is 1.42 bits per heavy atom. The van der Waals surface area contributed by atoms with Crippen LogP contribution in [0.15, 0.2) is 24.5 Å². The van der Waals surface area contributed by atoms with Crippen molar-refractivity contribution in [2.24, 2.45) is 5.92 Å². The van der Waals surface area contributed by atoms with E-state index in [2.05, 4.69) is 28.1 Å². The van der Waals surface area contributed by atoms with Gasteiger partial charge in [-0.05, 0) is 44.9 Å². The van der Waals surface area contributed by atoms with Crippen molar-refractivity contribution in [2.45, 2.75) is 32.7 Å². The molecule has 0 N–H and O–H groups in total. The number of pyridine rings is 1. The van der Waals surface area contributed by atoms with E-state index in [0.717, 1.165) is 22.8 Å². The highest BCUT2D eigenvalue weighted by Crippen LogP contribution is 2.23. The lowest BCUT2D eigenvalue weighted by molar-refractivity contribution is 0.264. The van der Waals surface area contributed by atoms with Gasteiger partial charge in [0, 0.05) is 25.2 Å². The summed E-state index contributed by atoms with van der Waals surface area (Å²) in [6, 6.07) is 4.59. The highest BCUT2D eigenvalue weighted by molar-refractivity contribution is 6.30. The van der Waals surface area contributed by atoms with Gasteiger partial charge in [0.25, 0.3) is 0 Å². The molecule has 2 aromatic heterocycles. The average molecular weight is 278 g/mol. The van der Waals surface area contributed by atoms with Crippen molar-refractivity contribution >= 4 is 17.1 Å². The molecule has 2 aromatic rings. The van der Waals surface area contributed by atoms with Gasteiger partial charge in [-0.15, -0.1) is 0 Å².